The van der Waals surface area contributed by atoms with Gasteiger partial charge in [0.15, 0.2) is 5.76 Å². The summed E-state index contributed by atoms with van der Waals surface area (Å²) in [6.07, 6.45) is 2.84. The number of rotatable bonds is 4. The zero-order valence-corrected chi connectivity index (χ0v) is 14.7. The lowest BCUT2D eigenvalue weighted by atomic mass is 9.95. The fraction of sp³-hybridized carbons (Fsp3) is 0.400. The minimum Gasteiger partial charge on any atom is -0.459 e. The topological polar surface area (TPSA) is 62.6 Å². The molecule has 2 heterocycles. The van der Waals surface area contributed by atoms with Crippen molar-refractivity contribution < 1.29 is 14.0 Å². The molecular weight excluding hydrogens is 316 g/mol. The fourth-order valence-electron chi connectivity index (χ4n) is 3.10. The Bertz CT molecular complexity index is 712. The van der Waals surface area contributed by atoms with E-state index in [0.717, 1.165) is 5.69 Å². The zero-order chi connectivity index (χ0) is 17.8. The van der Waals surface area contributed by atoms with Crippen molar-refractivity contribution >= 4 is 17.5 Å². The average Bonchev–Trinajstić information content (AvgIpc) is 3.16. The first-order chi connectivity index (χ1) is 12.0. The molecule has 3 rings (SSSR count). The number of nitrogens with one attached hydrogen (secondary N) is 1. The van der Waals surface area contributed by atoms with Gasteiger partial charge >= 0.3 is 0 Å². The van der Waals surface area contributed by atoms with Gasteiger partial charge in [-0.05, 0) is 48.6 Å². The van der Waals surface area contributed by atoms with Crippen molar-refractivity contribution in [3.05, 3.63) is 54.0 Å². The molecule has 0 radical (unpaired) electrons. The molecule has 1 aromatic heterocycles. The van der Waals surface area contributed by atoms with Gasteiger partial charge in [0, 0.05) is 24.7 Å². The molecule has 1 N–H and O–H groups in total. The Labute approximate surface area is 148 Å². The first-order valence-electron chi connectivity index (χ1n) is 8.78. The Balaban J connectivity index is 1.52. The SMILES string of the molecule is CC(C)c1ccc(NC(=O)C2CCN(C(=O)c3ccco3)CC2)cc1. The molecule has 0 saturated carbocycles. The van der Waals surface area contributed by atoms with Gasteiger partial charge in [0.25, 0.3) is 5.91 Å². The third-order valence-electron chi connectivity index (χ3n) is 4.73. The number of amides is 2. The summed E-state index contributed by atoms with van der Waals surface area (Å²) >= 11 is 0. The average molecular weight is 340 g/mol. The van der Waals surface area contributed by atoms with Crippen LogP contribution in [0.3, 0.4) is 0 Å². The molecule has 0 bridgehead atoms. The molecule has 2 amide bonds. The lowest BCUT2D eigenvalue weighted by Crippen LogP contribution is -2.41. The number of hydrogen-bond donors (Lipinski definition) is 1. The maximum Gasteiger partial charge on any atom is 0.289 e. The molecule has 25 heavy (non-hydrogen) atoms. The van der Waals surface area contributed by atoms with Gasteiger partial charge in [0.05, 0.1) is 6.26 Å². The van der Waals surface area contributed by atoms with Crippen LogP contribution in [0.2, 0.25) is 0 Å². The normalized spacial score (nSPS) is 15.4. The summed E-state index contributed by atoms with van der Waals surface area (Å²) in [6, 6.07) is 11.4. The van der Waals surface area contributed by atoms with Crippen LogP contribution < -0.4 is 5.32 Å². The number of nitrogens with zero attached hydrogens (tertiary/aromatic N) is 1. The van der Waals surface area contributed by atoms with E-state index in [9.17, 15) is 9.59 Å². The molecule has 0 aliphatic carbocycles. The molecule has 132 valence electrons. The molecule has 0 atom stereocenters. The van der Waals surface area contributed by atoms with E-state index >= 15 is 0 Å². The summed E-state index contributed by atoms with van der Waals surface area (Å²) in [6.45, 7) is 5.44. The second-order valence-corrected chi connectivity index (χ2v) is 6.81. The monoisotopic (exact) mass is 340 g/mol. The lowest BCUT2D eigenvalue weighted by Gasteiger charge is -2.30. The van der Waals surface area contributed by atoms with Crippen LogP contribution in [0, 0.1) is 5.92 Å². The number of furan rings is 1. The van der Waals surface area contributed by atoms with Crippen LogP contribution in [-0.2, 0) is 4.79 Å². The molecule has 1 aromatic carbocycles. The highest BCUT2D eigenvalue weighted by atomic mass is 16.3. The minimum absolute atomic E-state index is 0.0300. The number of piperidine rings is 1. The molecule has 5 nitrogen and oxygen atoms in total. The highest BCUT2D eigenvalue weighted by Gasteiger charge is 2.28. The van der Waals surface area contributed by atoms with Crippen LogP contribution in [0.1, 0.15) is 48.7 Å². The van der Waals surface area contributed by atoms with Crippen LogP contribution in [-0.4, -0.2) is 29.8 Å². The Morgan fingerprint density at radius 2 is 1.80 bits per heavy atom. The molecule has 1 aliphatic rings. The van der Waals surface area contributed by atoms with E-state index in [4.69, 9.17) is 4.42 Å². The van der Waals surface area contributed by atoms with E-state index in [2.05, 4.69) is 19.2 Å². The molecule has 0 spiro atoms. The predicted molar refractivity (Wildman–Crippen MR) is 96.5 cm³/mol. The van der Waals surface area contributed by atoms with Crippen LogP contribution in [0.25, 0.3) is 0 Å². The van der Waals surface area contributed by atoms with Crippen molar-refractivity contribution in [2.24, 2.45) is 5.92 Å². The summed E-state index contributed by atoms with van der Waals surface area (Å²) in [5, 5.41) is 2.99. The molecule has 2 aromatic rings. The van der Waals surface area contributed by atoms with E-state index in [1.807, 2.05) is 24.3 Å². The summed E-state index contributed by atoms with van der Waals surface area (Å²) in [5.74, 6) is 0.690. The van der Waals surface area contributed by atoms with E-state index in [1.165, 1.54) is 11.8 Å². The standard InChI is InChI=1S/C20H24N2O3/c1-14(2)15-5-7-17(8-6-15)21-19(23)16-9-11-22(12-10-16)20(24)18-4-3-13-25-18/h3-8,13-14,16H,9-12H2,1-2H3,(H,21,23). The highest BCUT2D eigenvalue weighted by molar-refractivity contribution is 5.94. The van der Waals surface area contributed by atoms with E-state index < -0.39 is 0 Å². The van der Waals surface area contributed by atoms with Gasteiger partial charge in [0.1, 0.15) is 0 Å². The van der Waals surface area contributed by atoms with Crippen molar-refractivity contribution in [1.29, 1.82) is 0 Å². The van der Waals surface area contributed by atoms with Crippen LogP contribution in [0.15, 0.2) is 47.1 Å². The van der Waals surface area contributed by atoms with Gasteiger partial charge in [0.2, 0.25) is 5.91 Å². The largest absolute Gasteiger partial charge is 0.459 e. The molecule has 5 heteroatoms. The first kappa shape index (κ1) is 17.3. The van der Waals surface area contributed by atoms with Gasteiger partial charge < -0.3 is 14.6 Å². The third kappa shape index (κ3) is 4.10. The number of carbonyl (C=O) groups excluding carboxylic acids is 2. The Morgan fingerprint density at radius 1 is 1.12 bits per heavy atom. The number of anilines is 1. The van der Waals surface area contributed by atoms with Gasteiger partial charge in [-0.3, -0.25) is 9.59 Å². The summed E-state index contributed by atoms with van der Waals surface area (Å²) in [7, 11) is 0. The summed E-state index contributed by atoms with van der Waals surface area (Å²) < 4.78 is 5.16. The maximum atomic E-state index is 12.5. The van der Waals surface area contributed by atoms with Crippen molar-refractivity contribution in [3.63, 3.8) is 0 Å². The number of likely N-dealkylation sites (tertiary alicyclic amines) is 1. The Hall–Kier alpha value is -2.56. The van der Waals surface area contributed by atoms with Crippen molar-refractivity contribution in [2.45, 2.75) is 32.6 Å². The second kappa shape index (κ2) is 7.55. The van der Waals surface area contributed by atoms with E-state index in [0.29, 0.717) is 37.6 Å². The zero-order valence-electron chi connectivity index (χ0n) is 14.7. The van der Waals surface area contributed by atoms with Gasteiger partial charge in [-0.15, -0.1) is 0 Å². The summed E-state index contributed by atoms with van der Waals surface area (Å²) in [5.41, 5.74) is 2.08. The summed E-state index contributed by atoms with van der Waals surface area (Å²) in [4.78, 5) is 26.5. The predicted octanol–water partition coefficient (Wildman–Crippen LogP) is 3.89. The van der Waals surface area contributed by atoms with E-state index in [-0.39, 0.29) is 17.7 Å². The molecular formula is C20H24N2O3. The third-order valence-corrected chi connectivity index (χ3v) is 4.73. The Morgan fingerprint density at radius 3 is 2.36 bits per heavy atom. The Kier molecular flexibility index (Phi) is 5.22. The van der Waals surface area contributed by atoms with Crippen molar-refractivity contribution in [1.82, 2.24) is 4.90 Å². The first-order valence-corrected chi connectivity index (χ1v) is 8.78. The number of carbonyl (C=O) groups is 2. The maximum absolute atomic E-state index is 12.5. The van der Waals surface area contributed by atoms with Crippen molar-refractivity contribution in [2.75, 3.05) is 18.4 Å². The number of hydrogen-bond acceptors (Lipinski definition) is 3. The highest BCUT2D eigenvalue weighted by Crippen LogP contribution is 2.22. The molecule has 0 unspecified atom stereocenters. The van der Waals surface area contributed by atoms with Crippen LogP contribution >= 0.6 is 0 Å². The molecule has 1 saturated heterocycles. The van der Waals surface area contributed by atoms with Crippen molar-refractivity contribution in [3.8, 4) is 0 Å². The van der Waals surface area contributed by atoms with E-state index in [1.54, 1.807) is 17.0 Å². The molecule has 1 fully saturated rings. The van der Waals surface area contributed by atoms with Crippen LogP contribution in [0.4, 0.5) is 5.69 Å². The quantitative estimate of drug-likeness (QED) is 0.918. The fourth-order valence-corrected chi connectivity index (χ4v) is 3.10. The van der Waals surface area contributed by atoms with Crippen LogP contribution in [0.5, 0.6) is 0 Å². The molecule has 1 aliphatic heterocycles. The smallest absolute Gasteiger partial charge is 0.289 e. The number of benzene rings is 1. The second-order valence-electron chi connectivity index (χ2n) is 6.81. The van der Waals surface area contributed by atoms with Gasteiger partial charge in [-0.1, -0.05) is 26.0 Å². The minimum atomic E-state index is -0.104. The lowest BCUT2D eigenvalue weighted by molar-refractivity contribution is -0.121. The van der Waals surface area contributed by atoms with Gasteiger partial charge in [-0.25, -0.2) is 0 Å². The van der Waals surface area contributed by atoms with Gasteiger partial charge in [-0.2, -0.15) is 0 Å².